The summed E-state index contributed by atoms with van der Waals surface area (Å²) in [6, 6.07) is 1.63. The first kappa shape index (κ1) is 15.7. The zero-order chi connectivity index (χ0) is 22.0. The van der Waals surface area contributed by atoms with E-state index in [0.717, 1.165) is 12.1 Å². The largest absolute Gasteiger partial charge is 0.478 e. The summed E-state index contributed by atoms with van der Waals surface area (Å²) in [7, 11) is -7.42. The number of halogens is 1. The van der Waals surface area contributed by atoms with Crippen LogP contribution in [0.3, 0.4) is 0 Å². The van der Waals surface area contributed by atoms with Crippen molar-refractivity contribution < 1.29 is 32.0 Å². The average Bonchev–Trinajstić information content (AvgIpc) is 2.51. The van der Waals surface area contributed by atoms with Gasteiger partial charge in [0.05, 0.1) is 16.7 Å². The monoisotopic (exact) mass is 496 g/mol. The minimum Gasteiger partial charge on any atom is -0.478 e. The van der Waals surface area contributed by atoms with Crippen molar-refractivity contribution in [1.29, 1.82) is 0 Å². The van der Waals surface area contributed by atoms with Crippen LogP contribution in [-0.2, 0) is 10.0 Å². The molecule has 2 aromatic rings. The molecule has 0 bridgehead atoms. The molecule has 1 heterocycles. The van der Waals surface area contributed by atoms with E-state index in [-0.39, 0.29) is 5.82 Å². The van der Waals surface area contributed by atoms with E-state index in [1.165, 1.54) is 13.0 Å². The molecule has 2 rings (SSSR count). The Morgan fingerprint density at radius 3 is 2.69 bits per heavy atom. The van der Waals surface area contributed by atoms with Gasteiger partial charge in [-0.15, -0.1) is 0 Å². The number of carboxylic acids is 1. The fourth-order valence-electron chi connectivity index (χ4n) is 1.76. The fraction of sp³-hybridized carbons (Fsp3) is 0.154. The second kappa shape index (κ2) is 7.77. The van der Waals surface area contributed by atoms with Crippen LogP contribution in [0.1, 0.15) is 20.3 Å². The molecule has 3 N–H and O–H groups in total. The Kier molecular flexibility index (Phi) is 4.69. The summed E-state index contributed by atoms with van der Waals surface area (Å²) in [5.74, 6) is -1.99. The Hall–Kier alpha value is -2.55. The summed E-state index contributed by atoms with van der Waals surface area (Å²) in [5, 5.41) is 11.2. The van der Waals surface area contributed by atoms with E-state index in [1.807, 2.05) is 5.32 Å². The van der Waals surface area contributed by atoms with Crippen LogP contribution in [0, 0.1) is 10.5 Å². The number of nitrogens with one attached hydrogen (secondary N) is 2. The Morgan fingerprint density at radius 1 is 1.31 bits per heavy atom. The highest BCUT2D eigenvalue weighted by atomic mass is 127. The van der Waals surface area contributed by atoms with Gasteiger partial charge < -0.3 is 9.84 Å². The average molecular weight is 496 g/mol. The van der Waals surface area contributed by atoms with E-state index in [2.05, 4.69) is 19.7 Å². The minimum atomic E-state index is -4.57. The van der Waals surface area contributed by atoms with Gasteiger partial charge in [0.25, 0.3) is 10.0 Å². The van der Waals surface area contributed by atoms with Crippen LogP contribution in [0.5, 0.6) is 6.01 Å². The SMILES string of the molecule is [2H]C([2H])([2H])Oc1nc(C)nc(NC(=O)NS(=O)(=O)c2cc(I)ccc2C(=O)O)n1. The second-order valence-electron chi connectivity index (χ2n) is 4.60. The van der Waals surface area contributed by atoms with Crippen LogP contribution in [0.25, 0.3) is 0 Å². The van der Waals surface area contributed by atoms with E-state index in [1.54, 1.807) is 27.3 Å². The highest BCUT2D eigenvalue weighted by Crippen LogP contribution is 2.19. The third kappa shape index (κ3) is 4.75. The van der Waals surface area contributed by atoms with Crippen molar-refractivity contribution in [2.45, 2.75) is 11.8 Å². The lowest BCUT2D eigenvalue weighted by Crippen LogP contribution is -2.35. The van der Waals surface area contributed by atoms with Gasteiger partial charge in [-0.2, -0.15) is 15.0 Å². The maximum absolute atomic E-state index is 12.4. The number of sulfonamides is 1. The predicted octanol–water partition coefficient (Wildman–Crippen LogP) is 1.00. The summed E-state index contributed by atoms with van der Waals surface area (Å²) in [4.78, 5) is 33.6. The normalized spacial score (nSPS) is 13.1. The molecular weight excluding hydrogens is 481 g/mol. The summed E-state index contributed by atoms with van der Waals surface area (Å²) in [6.07, 6.45) is 0. The van der Waals surface area contributed by atoms with Gasteiger partial charge in [0.2, 0.25) is 5.95 Å². The number of aryl methyl sites for hydroxylation is 1. The van der Waals surface area contributed by atoms with Gasteiger partial charge >= 0.3 is 18.0 Å². The van der Waals surface area contributed by atoms with Gasteiger partial charge in [-0.1, -0.05) is 0 Å². The zero-order valence-corrected chi connectivity index (χ0v) is 15.8. The van der Waals surface area contributed by atoms with E-state index in [4.69, 9.17) is 9.22 Å². The van der Waals surface area contributed by atoms with Crippen molar-refractivity contribution in [2.24, 2.45) is 0 Å². The Morgan fingerprint density at radius 2 is 2.04 bits per heavy atom. The van der Waals surface area contributed by atoms with Crippen LogP contribution in [0.2, 0.25) is 0 Å². The molecule has 0 aliphatic heterocycles. The lowest BCUT2D eigenvalue weighted by Gasteiger charge is -2.10. The highest BCUT2D eigenvalue weighted by molar-refractivity contribution is 14.1. The van der Waals surface area contributed by atoms with Crippen molar-refractivity contribution in [3.63, 3.8) is 0 Å². The third-order valence-electron chi connectivity index (χ3n) is 2.73. The summed E-state index contributed by atoms with van der Waals surface area (Å²) in [6.45, 7) is 1.36. The molecule has 0 saturated heterocycles. The number of carboxylic acid groups (broad SMARTS) is 1. The molecule has 2 amide bonds. The standard InChI is InChI=1S/C13H12IN5O6S/c1-6-15-11(18-13(16-6)25-2)17-12(22)19-26(23,24)9-5-7(14)3-4-8(9)10(20)21/h3-5H,1-2H3,(H,20,21)(H2,15,16,17,18,19,22)/i2D3. The van der Waals surface area contributed by atoms with Crippen LogP contribution in [0.4, 0.5) is 10.7 Å². The van der Waals surface area contributed by atoms with Crippen molar-refractivity contribution in [2.75, 3.05) is 12.4 Å². The van der Waals surface area contributed by atoms with E-state index in [0.29, 0.717) is 3.57 Å². The topological polar surface area (TPSA) is 160 Å². The first-order valence-corrected chi connectivity index (χ1v) is 9.11. The molecule has 0 atom stereocenters. The number of hydrogen-bond acceptors (Lipinski definition) is 8. The molecule has 11 nitrogen and oxygen atoms in total. The smallest absolute Gasteiger partial charge is 0.337 e. The number of urea groups is 1. The molecule has 0 spiro atoms. The molecule has 0 aliphatic carbocycles. The number of amides is 2. The molecule has 1 aromatic carbocycles. The molecule has 26 heavy (non-hydrogen) atoms. The number of carbonyl (C=O) groups excluding carboxylic acids is 1. The first-order valence-electron chi connectivity index (χ1n) is 8.05. The molecular formula is C13H12IN5O6S. The van der Waals surface area contributed by atoms with Crippen molar-refractivity contribution in [1.82, 2.24) is 19.7 Å². The van der Waals surface area contributed by atoms with Gasteiger partial charge in [0, 0.05) is 3.57 Å². The van der Waals surface area contributed by atoms with Crippen LogP contribution in [-0.4, -0.2) is 47.5 Å². The molecule has 0 aliphatic rings. The minimum absolute atomic E-state index is 0.0109. The van der Waals surface area contributed by atoms with Crippen molar-refractivity contribution >= 4 is 50.6 Å². The Labute approximate surface area is 165 Å². The maximum Gasteiger partial charge on any atom is 0.337 e. The van der Waals surface area contributed by atoms with Gasteiger partial charge in [0.15, 0.2) is 0 Å². The Balaban J connectivity index is 2.25. The van der Waals surface area contributed by atoms with Crippen molar-refractivity contribution in [3.05, 3.63) is 33.2 Å². The number of nitrogens with zero attached hydrogens (tertiary/aromatic N) is 3. The number of methoxy groups -OCH3 is 1. The van der Waals surface area contributed by atoms with Gasteiger partial charge in [-0.3, -0.25) is 5.32 Å². The molecule has 138 valence electrons. The predicted molar refractivity (Wildman–Crippen MR) is 96.6 cm³/mol. The van der Waals surface area contributed by atoms with Crippen molar-refractivity contribution in [3.8, 4) is 6.01 Å². The number of hydrogen-bond donors (Lipinski definition) is 3. The molecule has 0 radical (unpaired) electrons. The van der Waals surface area contributed by atoms with Crippen LogP contribution in [0.15, 0.2) is 23.1 Å². The lowest BCUT2D eigenvalue weighted by molar-refractivity contribution is 0.0692. The fourth-order valence-corrected chi connectivity index (χ4v) is 3.59. The molecule has 13 heteroatoms. The number of aromatic nitrogens is 3. The van der Waals surface area contributed by atoms with E-state index >= 15 is 0 Å². The quantitative estimate of drug-likeness (QED) is 0.513. The lowest BCUT2D eigenvalue weighted by atomic mass is 10.2. The number of anilines is 1. The number of aromatic carboxylic acids is 1. The zero-order valence-electron chi connectivity index (χ0n) is 15.8. The Bertz CT molecular complexity index is 1080. The maximum atomic E-state index is 12.4. The van der Waals surface area contributed by atoms with E-state index < -0.39 is 51.5 Å². The number of ether oxygens (including phenoxy) is 1. The number of carbonyl (C=O) groups is 2. The number of benzene rings is 1. The van der Waals surface area contributed by atoms with Gasteiger partial charge in [-0.05, 0) is 47.7 Å². The van der Waals surface area contributed by atoms with Crippen LogP contribution < -0.4 is 14.8 Å². The summed E-state index contributed by atoms with van der Waals surface area (Å²) >= 11 is 1.78. The van der Waals surface area contributed by atoms with Crippen LogP contribution >= 0.6 is 22.6 Å². The third-order valence-corrected chi connectivity index (χ3v) is 4.78. The second-order valence-corrected chi connectivity index (χ2v) is 7.49. The molecule has 1 aromatic heterocycles. The summed E-state index contributed by atoms with van der Waals surface area (Å²) < 4.78 is 52.5. The molecule has 0 unspecified atom stereocenters. The van der Waals surface area contributed by atoms with Gasteiger partial charge in [0.1, 0.15) is 10.7 Å². The van der Waals surface area contributed by atoms with E-state index in [9.17, 15) is 18.0 Å². The van der Waals surface area contributed by atoms with Gasteiger partial charge in [-0.25, -0.2) is 22.7 Å². The summed E-state index contributed by atoms with van der Waals surface area (Å²) in [5.41, 5.74) is -0.532. The molecule has 0 saturated carbocycles. The number of rotatable bonds is 5. The first-order chi connectivity index (χ1) is 13.3. The highest BCUT2D eigenvalue weighted by Gasteiger charge is 2.25. The molecule has 0 fully saturated rings.